The summed E-state index contributed by atoms with van der Waals surface area (Å²) < 4.78 is 5.06. The zero-order valence-corrected chi connectivity index (χ0v) is 14.7. The molecule has 0 radical (unpaired) electrons. The number of hydrogen-bond acceptors (Lipinski definition) is 3. The van der Waals surface area contributed by atoms with Crippen molar-refractivity contribution in [3.8, 4) is 0 Å². The Morgan fingerprint density at radius 2 is 1.84 bits per heavy atom. The Balaban J connectivity index is 1.81. The maximum atomic E-state index is 12.6. The van der Waals surface area contributed by atoms with Gasteiger partial charge < -0.3 is 10.1 Å². The number of rotatable bonds is 4. The number of hydrogen-bond donors (Lipinski definition) is 1. The second kappa shape index (κ2) is 7.51. The summed E-state index contributed by atoms with van der Waals surface area (Å²) in [5, 5.41) is 2.92. The summed E-state index contributed by atoms with van der Waals surface area (Å²) >= 11 is 0. The van der Waals surface area contributed by atoms with Crippen molar-refractivity contribution in [2.45, 2.75) is 39.5 Å². The third kappa shape index (κ3) is 3.73. The molecule has 3 rings (SSSR count). The van der Waals surface area contributed by atoms with Gasteiger partial charge in [0.2, 0.25) is 0 Å². The minimum Gasteiger partial charge on any atom is -0.462 e. The molecule has 0 saturated heterocycles. The van der Waals surface area contributed by atoms with Crippen molar-refractivity contribution in [2.24, 2.45) is 0 Å². The molecule has 25 heavy (non-hydrogen) atoms. The zero-order chi connectivity index (χ0) is 17.8. The summed E-state index contributed by atoms with van der Waals surface area (Å²) in [5.74, 6) is -0.526. The molecule has 1 N–H and O–H groups in total. The third-order valence-electron chi connectivity index (χ3n) is 4.69. The lowest BCUT2D eigenvalue weighted by Gasteiger charge is -2.17. The van der Waals surface area contributed by atoms with Crippen LogP contribution in [-0.4, -0.2) is 18.5 Å². The van der Waals surface area contributed by atoms with Crippen LogP contribution in [0.25, 0.3) is 0 Å². The van der Waals surface area contributed by atoms with E-state index in [1.807, 2.05) is 19.1 Å². The molecule has 0 bridgehead atoms. The van der Waals surface area contributed by atoms with E-state index in [-0.39, 0.29) is 11.9 Å². The summed E-state index contributed by atoms with van der Waals surface area (Å²) in [7, 11) is 0. The second-order valence-electron chi connectivity index (χ2n) is 6.34. The number of nitrogens with one attached hydrogen (secondary N) is 1. The van der Waals surface area contributed by atoms with E-state index < -0.39 is 0 Å². The second-order valence-corrected chi connectivity index (χ2v) is 6.34. The maximum absolute atomic E-state index is 12.6. The molecule has 0 aliphatic heterocycles. The van der Waals surface area contributed by atoms with E-state index in [2.05, 4.69) is 11.4 Å². The minimum atomic E-state index is -0.370. The monoisotopic (exact) mass is 337 g/mol. The number of benzene rings is 2. The molecule has 2 aromatic rings. The van der Waals surface area contributed by atoms with E-state index in [4.69, 9.17) is 4.74 Å². The highest BCUT2D eigenvalue weighted by Crippen LogP contribution is 2.24. The average molecular weight is 337 g/mol. The first-order valence-corrected chi connectivity index (χ1v) is 8.80. The molecule has 0 unspecified atom stereocenters. The van der Waals surface area contributed by atoms with E-state index in [0.717, 1.165) is 12.8 Å². The molecule has 0 heterocycles. The number of esters is 1. The Morgan fingerprint density at radius 3 is 2.60 bits per heavy atom. The van der Waals surface area contributed by atoms with Crippen molar-refractivity contribution in [1.29, 1.82) is 0 Å². The molecule has 2 aromatic carbocycles. The molecule has 1 aliphatic rings. The van der Waals surface area contributed by atoms with Gasteiger partial charge in [-0.3, -0.25) is 4.79 Å². The molecule has 1 aliphatic carbocycles. The van der Waals surface area contributed by atoms with E-state index in [1.54, 1.807) is 25.1 Å². The highest BCUT2D eigenvalue weighted by atomic mass is 16.5. The summed E-state index contributed by atoms with van der Waals surface area (Å²) in [5.41, 5.74) is 5.10. The summed E-state index contributed by atoms with van der Waals surface area (Å²) in [6.07, 6.45) is 4.53. The highest BCUT2D eigenvalue weighted by Gasteiger charge is 2.16. The van der Waals surface area contributed by atoms with Gasteiger partial charge in [-0.25, -0.2) is 4.79 Å². The van der Waals surface area contributed by atoms with E-state index in [1.165, 1.54) is 24.0 Å². The fourth-order valence-corrected chi connectivity index (χ4v) is 3.27. The van der Waals surface area contributed by atoms with Crippen LogP contribution < -0.4 is 5.32 Å². The summed E-state index contributed by atoms with van der Waals surface area (Å²) in [6.45, 7) is 3.91. The lowest BCUT2D eigenvalue weighted by Crippen LogP contribution is -2.16. The number of amides is 1. The molecule has 0 fully saturated rings. The average Bonchev–Trinajstić information content (AvgIpc) is 2.63. The van der Waals surface area contributed by atoms with Crippen molar-refractivity contribution in [3.63, 3.8) is 0 Å². The first-order chi connectivity index (χ1) is 12.1. The van der Waals surface area contributed by atoms with Gasteiger partial charge in [-0.2, -0.15) is 0 Å². The Labute approximate surface area is 148 Å². The number of carbonyl (C=O) groups excluding carboxylic acids is 2. The predicted octanol–water partition coefficient (Wildman–Crippen LogP) is 4.30. The van der Waals surface area contributed by atoms with Gasteiger partial charge in [-0.15, -0.1) is 0 Å². The molecular formula is C21H23NO3. The number of anilines is 1. The van der Waals surface area contributed by atoms with Crippen LogP contribution in [0.4, 0.5) is 5.69 Å². The molecule has 130 valence electrons. The van der Waals surface area contributed by atoms with E-state index in [9.17, 15) is 9.59 Å². The quantitative estimate of drug-likeness (QED) is 0.846. The van der Waals surface area contributed by atoms with Crippen molar-refractivity contribution < 1.29 is 14.3 Å². The van der Waals surface area contributed by atoms with Crippen molar-refractivity contribution in [2.75, 3.05) is 11.9 Å². The van der Waals surface area contributed by atoms with Crippen LogP contribution in [0.1, 0.15) is 57.2 Å². The van der Waals surface area contributed by atoms with Gasteiger partial charge >= 0.3 is 5.97 Å². The molecule has 0 aromatic heterocycles. The van der Waals surface area contributed by atoms with Crippen LogP contribution in [0.15, 0.2) is 36.4 Å². The van der Waals surface area contributed by atoms with Crippen LogP contribution >= 0.6 is 0 Å². The standard InChI is InChI=1S/C21H23NO3/c1-3-25-21(24)18-9-6-10-19(14(18)2)22-20(23)17-12-11-15-7-4-5-8-16(15)13-17/h6,9-13H,3-5,7-8H2,1-2H3,(H,22,23). The Bertz CT molecular complexity index is 811. The lowest BCUT2D eigenvalue weighted by atomic mass is 9.90. The number of ether oxygens (including phenoxy) is 1. The third-order valence-corrected chi connectivity index (χ3v) is 4.69. The van der Waals surface area contributed by atoms with Crippen LogP contribution in [-0.2, 0) is 17.6 Å². The smallest absolute Gasteiger partial charge is 0.338 e. The van der Waals surface area contributed by atoms with Gasteiger partial charge in [-0.05, 0) is 80.5 Å². The first kappa shape index (κ1) is 17.2. The lowest BCUT2D eigenvalue weighted by molar-refractivity contribution is 0.0525. The van der Waals surface area contributed by atoms with Gasteiger partial charge in [0.15, 0.2) is 0 Å². The summed E-state index contributed by atoms with van der Waals surface area (Å²) in [4.78, 5) is 24.6. The van der Waals surface area contributed by atoms with Crippen molar-refractivity contribution in [3.05, 3.63) is 64.2 Å². The molecular weight excluding hydrogens is 314 g/mol. The maximum Gasteiger partial charge on any atom is 0.338 e. The highest BCUT2D eigenvalue weighted by molar-refractivity contribution is 6.05. The number of carbonyl (C=O) groups is 2. The van der Waals surface area contributed by atoms with Gasteiger partial charge in [0.1, 0.15) is 0 Å². The number of fused-ring (bicyclic) bond motifs is 1. The van der Waals surface area contributed by atoms with Crippen LogP contribution in [0.2, 0.25) is 0 Å². The fourth-order valence-electron chi connectivity index (χ4n) is 3.27. The van der Waals surface area contributed by atoms with Gasteiger partial charge in [0.25, 0.3) is 5.91 Å². The topological polar surface area (TPSA) is 55.4 Å². The molecule has 0 spiro atoms. The fraction of sp³-hybridized carbons (Fsp3) is 0.333. The van der Waals surface area contributed by atoms with Gasteiger partial charge in [-0.1, -0.05) is 12.1 Å². The van der Waals surface area contributed by atoms with Crippen LogP contribution in [0.3, 0.4) is 0 Å². The van der Waals surface area contributed by atoms with Gasteiger partial charge in [0, 0.05) is 11.3 Å². The first-order valence-electron chi connectivity index (χ1n) is 8.80. The zero-order valence-electron chi connectivity index (χ0n) is 14.7. The molecule has 4 nitrogen and oxygen atoms in total. The Morgan fingerprint density at radius 1 is 1.08 bits per heavy atom. The Hall–Kier alpha value is -2.62. The Kier molecular flexibility index (Phi) is 5.17. The normalized spacial score (nSPS) is 13.0. The van der Waals surface area contributed by atoms with Crippen LogP contribution in [0.5, 0.6) is 0 Å². The molecule has 0 saturated carbocycles. The van der Waals surface area contributed by atoms with E-state index >= 15 is 0 Å². The predicted molar refractivity (Wildman–Crippen MR) is 98.2 cm³/mol. The minimum absolute atomic E-state index is 0.155. The molecule has 0 atom stereocenters. The van der Waals surface area contributed by atoms with Gasteiger partial charge in [0.05, 0.1) is 12.2 Å². The van der Waals surface area contributed by atoms with E-state index in [0.29, 0.717) is 29.0 Å². The van der Waals surface area contributed by atoms with Crippen LogP contribution in [0, 0.1) is 6.92 Å². The molecule has 1 amide bonds. The number of aryl methyl sites for hydroxylation is 2. The molecule has 4 heteroatoms. The summed E-state index contributed by atoms with van der Waals surface area (Å²) in [6, 6.07) is 11.2. The van der Waals surface area contributed by atoms with Crippen molar-refractivity contribution in [1.82, 2.24) is 0 Å². The van der Waals surface area contributed by atoms with Crippen molar-refractivity contribution >= 4 is 17.6 Å². The largest absolute Gasteiger partial charge is 0.462 e. The SMILES string of the molecule is CCOC(=O)c1cccc(NC(=O)c2ccc3c(c2)CCCC3)c1C.